The van der Waals surface area contributed by atoms with Crippen LogP contribution in [0.15, 0.2) is 72.9 Å². The van der Waals surface area contributed by atoms with Gasteiger partial charge in [-0.25, -0.2) is 18.4 Å². The number of amides is 6. The normalized spacial score (nSPS) is 13.7. The summed E-state index contributed by atoms with van der Waals surface area (Å²) in [5.41, 5.74) is 1.50. The summed E-state index contributed by atoms with van der Waals surface area (Å²) >= 11 is 1.20. The Morgan fingerprint density at radius 2 is 1.47 bits per heavy atom. The van der Waals surface area contributed by atoms with Crippen LogP contribution in [-0.4, -0.2) is 129 Å². The molecule has 2 unspecified atom stereocenters. The number of ether oxygens (including phenoxy) is 2. The molecule has 1 aliphatic rings. The van der Waals surface area contributed by atoms with Crippen LogP contribution in [0.5, 0.6) is 0 Å². The number of imide groups is 1. The molecule has 20 heteroatoms. The largest absolute Gasteiger partial charge is 0.464 e. The number of nitrogens with one attached hydrogen (secondary N) is 3. The number of halogens is 2. The van der Waals surface area contributed by atoms with Crippen molar-refractivity contribution in [1.29, 1.82) is 0 Å². The van der Waals surface area contributed by atoms with E-state index in [4.69, 9.17) is 9.47 Å². The van der Waals surface area contributed by atoms with Crippen LogP contribution in [0, 0.1) is 17.0 Å². The Labute approximate surface area is 416 Å². The second kappa shape index (κ2) is 26.0. The third-order valence-electron chi connectivity index (χ3n) is 11.1. The highest BCUT2D eigenvalue weighted by molar-refractivity contribution is 7.99. The van der Waals surface area contributed by atoms with Gasteiger partial charge in [0.2, 0.25) is 17.7 Å². The van der Waals surface area contributed by atoms with Crippen molar-refractivity contribution in [2.45, 2.75) is 104 Å². The number of carbonyl (C=O) groups excluding carboxylic acids is 7. The molecule has 2 heterocycles. The SMILES string of the molecule is CC(C)(C)C(c1cc(-c2cc(F)ccc2F)cn1Cc1ccccc1)N(CCCNC(=O)OCC[Si](C)(C)C)C(=O)CSCCC(=O)NC(CNC(=O)CN1C(=O)C=CC1=O)C(=O)OCC[Si](C)(C)C. The minimum Gasteiger partial charge on any atom is -0.464 e. The predicted octanol–water partition coefficient (Wildman–Crippen LogP) is 7.38. The highest BCUT2D eigenvalue weighted by atomic mass is 32.2. The molecule has 2 aromatic carbocycles. The van der Waals surface area contributed by atoms with Crippen molar-refractivity contribution in [3.63, 3.8) is 0 Å². The second-order valence-corrected chi connectivity index (χ2v) is 33.1. The Hall–Kier alpha value is -5.61. The van der Waals surface area contributed by atoms with E-state index in [9.17, 15) is 38.0 Å². The van der Waals surface area contributed by atoms with Gasteiger partial charge in [0.25, 0.3) is 11.8 Å². The molecule has 4 rings (SSSR count). The fraction of sp³-hybridized carbons (Fsp3) is 0.500. The van der Waals surface area contributed by atoms with Crippen molar-refractivity contribution in [3.05, 3.63) is 95.8 Å². The summed E-state index contributed by atoms with van der Waals surface area (Å²) in [4.78, 5) is 93.0. The van der Waals surface area contributed by atoms with Gasteiger partial charge in [-0.05, 0) is 53.8 Å². The first-order valence-corrected chi connectivity index (χ1v) is 32.1. The molecule has 0 bridgehead atoms. The van der Waals surface area contributed by atoms with E-state index in [2.05, 4.69) is 55.2 Å². The number of esters is 1. The van der Waals surface area contributed by atoms with Crippen molar-refractivity contribution in [2.24, 2.45) is 5.41 Å². The number of thioether (sulfide) groups is 1. The van der Waals surface area contributed by atoms with Gasteiger partial charge in [-0.1, -0.05) is 90.4 Å². The molecule has 3 aromatic rings. The summed E-state index contributed by atoms with van der Waals surface area (Å²) in [6.07, 6.45) is 3.56. The van der Waals surface area contributed by atoms with E-state index >= 15 is 4.39 Å². The average Bonchev–Trinajstić information content (AvgIpc) is 3.81. The molecule has 0 aliphatic carbocycles. The first kappa shape index (κ1) is 57.0. The lowest BCUT2D eigenvalue weighted by atomic mass is 9.83. The smallest absolute Gasteiger partial charge is 0.407 e. The lowest BCUT2D eigenvalue weighted by Gasteiger charge is -2.41. The molecule has 0 saturated carbocycles. The van der Waals surface area contributed by atoms with E-state index in [0.29, 0.717) is 36.9 Å². The molecule has 0 fully saturated rings. The summed E-state index contributed by atoms with van der Waals surface area (Å²) in [5.74, 6) is -4.67. The maximum Gasteiger partial charge on any atom is 0.407 e. The molecule has 1 aliphatic heterocycles. The zero-order valence-corrected chi connectivity index (χ0v) is 44.8. The highest BCUT2D eigenvalue weighted by Crippen LogP contribution is 2.41. The monoisotopic (exact) mass is 1020 g/mol. The number of hydrogen-bond donors (Lipinski definition) is 3. The summed E-state index contributed by atoms with van der Waals surface area (Å²) < 4.78 is 42.8. The Morgan fingerprint density at radius 1 is 0.829 bits per heavy atom. The minimum absolute atomic E-state index is 0.0577. The third-order valence-corrected chi connectivity index (χ3v) is 15.5. The van der Waals surface area contributed by atoms with Crippen LogP contribution in [0.4, 0.5) is 13.6 Å². The molecular formula is C50H70F2N6O9SSi2. The minimum atomic E-state index is -1.59. The Balaban J connectivity index is 1.54. The Morgan fingerprint density at radius 3 is 2.10 bits per heavy atom. The van der Waals surface area contributed by atoms with Gasteiger partial charge >= 0.3 is 12.1 Å². The third kappa shape index (κ3) is 19.0. The zero-order valence-electron chi connectivity index (χ0n) is 42.0. The molecule has 6 amide bonds. The van der Waals surface area contributed by atoms with Crippen molar-refractivity contribution in [1.82, 2.24) is 30.3 Å². The Bertz CT molecular complexity index is 2330. The van der Waals surface area contributed by atoms with Gasteiger partial charge in [0, 0.05) is 89.7 Å². The van der Waals surface area contributed by atoms with Gasteiger partial charge < -0.3 is 34.9 Å². The summed E-state index contributed by atoms with van der Waals surface area (Å²) in [5, 5.41) is 7.94. The summed E-state index contributed by atoms with van der Waals surface area (Å²) in [7, 11) is -3.02. The Kier molecular flexibility index (Phi) is 21.2. The van der Waals surface area contributed by atoms with Crippen LogP contribution < -0.4 is 16.0 Å². The van der Waals surface area contributed by atoms with E-state index in [1.165, 1.54) is 11.8 Å². The summed E-state index contributed by atoms with van der Waals surface area (Å²) in [6, 6.07) is 14.3. The van der Waals surface area contributed by atoms with Crippen molar-refractivity contribution in [2.75, 3.05) is 50.9 Å². The number of alkyl carbamates (subject to hydrolysis) is 1. The molecule has 1 aromatic heterocycles. The van der Waals surface area contributed by atoms with Crippen LogP contribution >= 0.6 is 11.8 Å². The fourth-order valence-electron chi connectivity index (χ4n) is 7.38. The molecule has 15 nitrogen and oxygen atoms in total. The lowest BCUT2D eigenvalue weighted by molar-refractivity contribution is -0.147. The van der Waals surface area contributed by atoms with Crippen molar-refractivity contribution >= 4 is 69.5 Å². The van der Waals surface area contributed by atoms with E-state index in [1.807, 2.05) is 55.7 Å². The van der Waals surface area contributed by atoms with Crippen LogP contribution in [0.2, 0.25) is 51.4 Å². The molecule has 3 N–H and O–H groups in total. The molecule has 2 atom stereocenters. The number of hydrogen-bond acceptors (Lipinski definition) is 10. The zero-order chi connectivity index (χ0) is 51.8. The van der Waals surface area contributed by atoms with Crippen molar-refractivity contribution < 1.29 is 51.8 Å². The maximum atomic E-state index is 15.4. The highest BCUT2D eigenvalue weighted by Gasteiger charge is 2.37. The molecule has 382 valence electrons. The number of aromatic nitrogens is 1. The quantitative estimate of drug-likeness (QED) is 0.0317. The molecule has 0 saturated heterocycles. The topological polar surface area (TPSA) is 185 Å². The lowest BCUT2D eigenvalue weighted by Crippen LogP contribution is -2.51. The van der Waals surface area contributed by atoms with Gasteiger partial charge in [0.1, 0.15) is 24.2 Å². The molecule has 0 radical (unpaired) electrons. The van der Waals surface area contributed by atoms with E-state index in [-0.39, 0.29) is 55.6 Å². The average molecular weight is 1030 g/mol. The molecular weight excluding hydrogens is 955 g/mol. The fourth-order valence-corrected chi connectivity index (χ4v) is 9.62. The summed E-state index contributed by atoms with van der Waals surface area (Å²) in [6.45, 7) is 19.2. The van der Waals surface area contributed by atoms with E-state index < -0.39 is 87.5 Å². The van der Waals surface area contributed by atoms with E-state index in [1.54, 1.807) is 17.2 Å². The first-order chi connectivity index (χ1) is 32.8. The van der Waals surface area contributed by atoms with Crippen LogP contribution in [0.3, 0.4) is 0 Å². The van der Waals surface area contributed by atoms with Gasteiger partial charge in [-0.15, -0.1) is 0 Å². The van der Waals surface area contributed by atoms with Crippen LogP contribution in [0.25, 0.3) is 11.1 Å². The number of rotatable bonds is 26. The molecule has 0 spiro atoms. The number of nitrogens with zero attached hydrogens (tertiary/aromatic N) is 3. The first-order valence-electron chi connectivity index (χ1n) is 23.5. The second-order valence-electron chi connectivity index (χ2n) is 20.8. The molecule has 70 heavy (non-hydrogen) atoms. The van der Waals surface area contributed by atoms with E-state index in [0.717, 1.165) is 46.9 Å². The standard InChI is InChI=1S/C50H70F2N6O9SSi2/c1-50(2,3)47(41-28-36(38-29-37(51)16-17-39(38)52)32-56(41)31-35-14-11-10-12-15-35)57(22-13-21-53-49(65)67-24-27-70(7,8)9)46(63)34-68-25-20-42(59)55-40(48(64)66-23-26-69(4,5)6)30-54-43(60)33-58-44(61)18-19-45(58)62/h10-12,14-19,28-29,32,40,47H,13,20-27,30-31,33-34H2,1-9H3,(H,53,65)(H,54,60)(H,55,59). The predicted molar refractivity (Wildman–Crippen MR) is 273 cm³/mol. The van der Waals surface area contributed by atoms with Crippen LogP contribution in [-0.2, 0) is 44.8 Å². The van der Waals surface area contributed by atoms with Crippen molar-refractivity contribution in [3.8, 4) is 11.1 Å². The number of benzene rings is 2. The van der Waals surface area contributed by atoms with Gasteiger partial charge in [-0.2, -0.15) is 11.8 Å². The maximum absolute atomic E-state index is 15.4. The number of carbonyl (C=O) groups is 7. The van der Waals surface area contributed by atoms with Gasteiger partial charge in [-0.3, -0.25) is 28.9 Å². The van der Waals surface area contributed by atoms with Gasteiger partial charge in [0.15, 0.2) is 0 Å². The van der Waals surface area contributed by atoms with Gasteiger partial charge in [0.05, 0.1) is 25.0 Å². The van der Waals surface area contributed by atoms with Crippen LogP contribution in [0.1, 0.15) is 50.9 Å².